The standard InChI is InChI=1S/C12H14N2O2/c15-7-5-11-12(6-8-16)14-10-4-2-1-3-9(10)13-11/h1-4,15-16H,5-8H2. The fourth-order valence-corrected chi connectivity index (χ4v) is 1.69. The summed E-state index contributed by atoms with van der Waals surface area (Å²) in [5.74, 6) is 0. The summed E-state index contributed by atoms with van der Waals surface area (Å²) in [6.07, 6.45) is 0.959. The van der Waals surface area contributed by atoms with E-state index in [0.29, 0.717) is 12.8 Å². The van der Waals surface area contributed by atoms with Crippen LogP contribution in [0.4, 0.5) is 0 Å². The molecule has 0 saturated heterocycles. The van der Waals surface area contributed by atoms with Gasteiger partial charge < -0.3 is 10.2 Å². The zero-order chi connectivity index (χ0) is 11.4. The van der Waals surface area contributed by atoms with Gasteiger partial charge in [0, 0.05) is 26.1 Å². The van der Waals surface area contributed by atoms with E-state index in [1.54, 1.807) is 0 Å². The van der Waals surface area contributed by atoms with Crippen molar-refractivity contribution in [3.8, 4) is 0 Å². The van der Waals surface area contributed by atoms with Crippen molar-refractivity contribution in [3.63, 3.8) is 0 Å². The van der Waals surface area contributed by atoms with Crippen molar-refractivity contribution in [3.05, 3.63) is 35.7 Å². The van der Waals surface area contributed by atoms with Crippen molar-refractivity contribution in [1.82, 2.24) is 9.97 Å². The second-order valence-corrected chi connectivity index (χ2v) is 3.55. The lowest BCUT2D eigenvalue weighted by Crippen LogP contribution is -2.06. The molecule has 2 aromatic rings. The molecule has 0 radical (unpaired) electrons. The molecule has 2 N–H and O–H groups in total. The van der Waals surface area contributed by atoms with E-state index in [1.165, 1.54) is 0 Å². The number of fused-ring (bicyclic) bond motifs is 1. The Morgan fingerprint density at radius 1 is 0.812 bits per heavy atom. The average molecular weight is 218 g/mol. The first-order valence-electron chi connectivity index (χ1n) is 5.31. The molecule has 0 aliphatic carbocycles. The zero-order valence-corrected chi connectivity index (χ0v) is 8.93. The summed E-state index contributed by atoms with van der Waals surface area (Å²) in [5.41, 5.74) is 3.20. The Bertz CT molecular complexity index is 441. The second-order valence-electron chi connectivity index (χ2n) is 3.55. The summed E-state index contributed by atoms with van der Waals surface area (Å²) in [6, 6.07) is 7.61. The Morgan fingerprint density at radius 3 is 1.62 bits per heavy atom. The largest absolute Gasteiger partial charge is 0.396 e. The first-order chi connectivity index (χ1) is 7.85. The highest BCUT2D eigenvalue weighted by molar-refractivity contribution is 5.74. The summed E-state index contributed by atoms with van der Waals surface area (Å²) in [5, 5.41) is 17.9. The van der Waals surface area contributed by atoms with Crippen molar-refractivity contribution in [2.24, 2.45) is 0 Å². The third kappa shape index (κ3) is 2.18. The van der Waals surface area contributed by atoms with Crippen LogP contribution in [0.1, 0.15) is 11.4 Å². The van der Waals surface area contributed by atoms with E-state index in [4.69, 9.17) is 10.2 Å². The molecule has 1 aromatic carbocycles. The molecule has 0 bridgehead atoms. The number of benzene rings is 1. The highest BCUT2D eigenvalue weighted by Gasteiger charge is 2.07. The molecule has 0 spiro atoms. The normalized spacial score (nSPS) is 10.9. The Balaban J connectivity index is 2.51. The number of nitrogens with zero attached hydrogens (tertiary/aromatic N) is 2. The van der Waals surface area contributed by atoms with E-state index in [0.717, 1.165) is 22.4 Å². The molecule has 0 atom stereocenters. The summed E-state index contributed by atoms with van der Waals surface area (Å²) in [6.45, 7) is 0.0941. The Morgan fingerprint density at radius 2 is 1.25 bits per heavy atom. The molecule has 84 valence electrons. The lowest BCUT2D eigenvalue weighted by Gasteiger charge is -2.07. The Labute approximate surface area is 93.6 Å². The van der Waals surface area contributed by atoms with Gasteiger partial charge in [-0.1, -0.05) is 12.1 Å². The van der Waals surface area contributed by atoms with Crippen LogP contribution in [0.2, 0.25) is 0 Å². The predicted octanol–water partition coefficient (Wildman–Crippen LogP) is 0.699. The molecule has 4 nitrogen and oxygen atoms in total. The quantitative estimate of drug-likeness (QED) is 0.792. The lowest BCUT2D eigenvalue weighted by atomic mass is 10.1. The summed E-state index contributed by atoms with van der Waals surface area (Å²) >= 11 is 0. The monoisotopic (exact) mass is 218 g/mol. The maximum absolute atomic E-state index is 8.95. The van der Waals surface area contributed by atoms with E-state index in [-0.39, 0.29) is 13.2 Å². The van der Waals surface area contributed by atoms with E-state index in [9.17, 15) is 0 Å². The molecule has 0 aliphatic rings. The third-order valence-electron chi connectivity index (χ3n) is 2.42. The first kappa shape index (κ1) is 11.0. The summed E-state index contributed by atoms with van der Waals surface area (Å²) < 4.78 is 0. The van der Waals surface area contributed by atoms with E-state index >= 15 is 0 Å². The first-order valence-corrected chi connectivity index (χ1v) is 5.31. The second kappa shape index (κ2) is 5.01. The van der Waals surface area contributed by atoms with Gasteiger partial charge in [0.1, 0.15) is 0 Å². The number of aliphatic hydroxyl groups is 2. The molecule has 0 saturated carbocycles. The summed E-state index contributed by atoms with van der Waals surface area (Å²) in [7, 11) is 0. The van der Waals surface area contributed by atoms with Crippen LogP contribution in [0, 0.1) is 0 Å². The van der Waals surface area contributed by atoms with Gasteiger partial charge in [-0.3, -0.25) is 0 Å². The summed E-state index contributed by atoms with van der Waals surface area (Å²) in [4.78, 5) is 8.90. The molecule has 0 fully saturated rings. The van der Waals surface area contributed by atoms with Crippen LogP contribution in [-0.4, -0.2) is 33.4 Å². The van der Waals surface area contributed by atoms with Crippen LogP contribution in [0.15, 0.2) is 24.3 Å². The number of aliphatic hydroxyl groups excluding tert-OH is 2. The minimum Gasteiger partial charge on any atom is -0.396 e. The average Bonchev–Trinajstić information content (AvgIpc) is 2.30. The fourth-order valence-electron chi connectivity index (χ4n) is 1.69. The van der Waals surface area contributed by atoms with E-state index in [1.807, 2.05) is 24.3 Å². The van der Waals surface area contributed by atoms with Gasteiger partial charge in [-0.15, -0.1) is 0 Å². The number of hydrogen-bond donors (Lipinski definition) is 2. The van der Waals surface area contributed by atoms with Crippen LogP contribution in [0.25, 0.3) is 11.0 Å². The van der Waals surface area contributed by atoms with Gasteiger partial charge >= 0.3 is 0 Å². The number of rotatable bonds is 4. The molecular formula is C12H14N2O2. The van der Waals surface area contributed by atoms with Crippen LogP contribution < -0.4 is 0 Å². The van der Waals surface area contributed by atoms with Gasteiger partial charge in [0.2, 0.25) is 0 Å². The molecule has 0 unspecified atom stereocenters. The molecule has 16 heavy (non-hydrogen) atoms. The third-order valence-corrected chi connectivity index (χ3v) is 2.42. The van der Waals surface area contributed by atoms with Crippen LogP contribution in [0.3, 0.4) is 0 Å². The van der Waals surface area contributed by atoms with Gasteiger partial charge in [-0.05, 0) is 12.1 Å². The lowest BCUT2D eigenvalue weighted by molar-refractivity contribution is 0.290. The zero-order valence-electron chi connectivity index (χ0n) is 8.93. The Hall–Kier alpha value is -1.52. The minimum absolute atomic E-state index is 0.0471. The van der Waals surface area contributed by atoms with Crippen LogP contribution >= 0.6 is 0 Å². The minimum atomic E-state index is 0.0471. The smallest absolute Gasteiger partial charge is 0.0890 e. The molecule has 0 aliphatic heterocycles. The van der Waals surface area contributed by atoms with Crippen molar-refractivity contribution in [2.45, 2.75) is 12.8 Å². The molecular weight excluding hydrogens is 204 g/mol. The fraction of sp³-hybridized carbons (Fsp3) is 0.333. The van der Waals surface area contributed by atoms with Gasteiger partial charge in [0.15, 0.2) is 0 Å². The van der Waals surface area contributed by atoms with Gasteiger partial charge in [-0.2, -0.15) is 0 Å². The molecule has 1 heterocycles. The van der Waals surface area contributed by atoms with Gasteiger partial charge in [0.25, 0.3) is 0 Å². The highest BCUT2D eigenvalue weighted by atomic mass is 16.3. The molecule has 2 rings (SSSR count). The molecule has 1 aromatic heterocycles. The number of aromatic nitrogens is 2. The SMILES string of the molecule is OCCc1nc2ccccc2nc1CCO. The Kier molecular flexibility index (Phi) is 3.44. The van der Waals surface area contributed by atoms with Crippen molar-refractivity contribution in [1.29, 1.82) is 0 Å². The maximum atomic E-state index is 8.95. The van der Waals surface area contributed by atoms with Crippen molar-refractivity contribution < 1.29 is 10.2 Å². The number of para-hydroxylation sites is 2. The van der Waals surface area contributed by atoms with Crippen LogP contribution in [0.5, 0.6) is 0 Å². The number of hydrogen-bond acceptors (Lipinski definition) is 4. The van der Waals surface area contributed by atoms with Crippen molar-refractivity contribution in [2.75, 3.05) is 13.2 Å². The van der Waals surface area contributed by atoms with Crippen molar-refractivity contribution >= 4 is 11.0 Å². The highest BCUT2D eigenvalue weighted by Crippen LogP contribution is 2.13. The van der Waals surface area contributed by atoms with Gasteiger partial charge in [0.05, 0.1) is 22.4 Å². The predicted molar refractivity (Wildman–Crippen MR) is 61.1 cm³/mol. The van der Waals surface area contributed by atoms with Crippen LogP contribution in [-0.2, 0) is 12.8 Å². The van der Waals surface area contributed by atoms with Gasteiger partial charge in [-0.25, -0.2) is 9.97 Å². The van der Waals surface area contributed by atoms with E-state index in [2.05, 4.69) is 9.97 Å². The van der Waals surface area contributed by atoms with E-state index < -0.39 is 0 Å². The topological polar surface area (TPSA) is 66.2 Å². The molecule has 4 heteroatoms. The maximum Gasteiger partial charge on any atom is 0.0890 e. The molecule has 0 amide bonds.